The predicted molar refractivity (Wildman–Crippen MR) is 51.3 cm³/mol. The molecule has 2 heteroatoms. The molecular weight excluding hydrogens is 150 g/mol. The molecule has 0 aromatic rings. The van der Waals surface area contributed by atoms with Crippen LogP contribution in [0.5, 0.6) is 0 Å². The topological polar surface area (TPSA) is 12.5 Å². The van der Waals surface area contributed by atoms with Gasteiger partial charge in [-0.15, -0.1) is 0 Å². The van der Waals surface area contributed by atoms with Gasteiger partial charge in [-0.1, -0.05) is 6.92 Å². The molecule has 0 saturated carbocycles. The smallest absolute Gasteiger partial charge is 0.0515 e. The minimum Gasteiger partial charge on any atom is -0.384 e. The first kappa shape index (κ1) is 10.0. The molecule has 1 aliphatic heterocycles. The van der Waals surface area contributed by atoms with Crippen molar-refractivity contribution >= 4 is 0 Å². The first-order valence-corrected chi connectivity index (χ1v) is 4.84. The van der Waals surface area contributed by atoms with Crippen LogP contribution in [0.1, 0.15) is 27.2 Å². The first-order valence-electron chi connectivity index (χ1n) is 4.84. The number of hydrogen-bond acceptors (Lipinski definition) is 2. The summed E-state index contributed by atoms with van der Waals surface area (Å²) >= 11 is 0. The Balaban J connectivity index is 2.24. The molecule has 2 nitrogen and oxygen atoms in total. The highest BCUT2D eigenvalue weighted by Crippen LogP contribution is 2.27. The molecule has 1 saturated heterocycles. The molecule has 0 N–H and O–H groups in total. The second kappa shape index (κ2) is 3.75. The largest absolute Gasteiger partial charge is 0.384 e. The van der Waals surface area contributed by atoms with E-state index in [1.54, 1.807) is 7.11 Å². The normalized spacial score (nSPS) is 21.0. The average Bonchev–Trinajstić information content (AvgIpc) is 1.95. The Morgan fingerprint density at radius 3 is 2.42 bits per heavy atom. The lowest BCUT2D eigenvalue weighted by molar-refractivity contribution is -0.0293. The van der Waals surface area contributed by atoms with E-state index in [0.717, 1.165) is 12.5 Å². The number of rotatable bonds is 4. The highest BCUT2D eigenvalue weighted by molar-refractivity contribution is 4.90. The Morgan fingerprint density at radius 2 is 2.00 bits per heavy atom. The zero-order valence-corrected chi connectivity index (χ0v) is 8.76. The molecule has 0 amide bonds. The van der Waals surface area contributed by atoms with E-state index in [2.05, 4.69) is 25.7 Å². The monoisotopic (exact) mass is 171 g/mol. The van der Waals surface area contributed by atoms with Crippen molar-refractivity contribution in [1.82, 2.24) is 4.90 Å². The van der Waals surface area contributed by atoms with E-state index < -0.39 is 0 Å². The van der Waals surface area contributed by atoms with Gasteiger partial charge in [0.25, 0.3) is 0 Å². The van der Waals surface area contributed by atoms with Crippen LogP contribution in [0.4, 0.5) is 0 Å². The number of methoxy groups -OCH3 is 1. The molecule has 1 rings (SSSR count). The lowest BCUT2D eigenvalue weighted by Gasteiger charge is -2.49. The summed E-state index contributed by atoms with van der Waals surface area (Å²) in [5, 5.41) is 0. The van der Waals surface area contributed by atoms with Crippen molar-refractivity contribution in [3.63, 3.8) is 0 Å². The molecule has 1 fully saturated rings. The summed E-state index contributed by atoms with van der Waals surface area (Å²) in [6.45, 7) is 10.2. The third-order valence-electron chi connectivity index (χ3n) is 3.08. The molecule has 0 spiro atoms. The lowest BCUT2D eigenvalue weighted by Crippen LogP contribution is -2.58. The van der Waals surface area contributed by atoms with Crippen molar-refractivity contribution in [3.05, 3.63) is 0 Å². The van der Waals surface area contributed by atoms with Gasteiger partial charge in [0.1, 0.15) is 0 Å². The van der Waals surface area contributed by atoms with Crippen molar-refractivity contribution in [2.45, 2.75) is 32.7 Å². The Labute approximate surface area is 75.9 Å². The third kappa shape index (κ3) is 1.99. The van der Waals surface area contributed by atoms with Crippen LogP contribution in [0.15, 0.2) is 0 Å². The summed E-state index contributed by atoms with van der Waals surface area (Å²) in [5.74, 6) is 0.779. The van der Waals surface area contributed by atoms with Crippen molar-refractivity contribution in [1.29, 1.82) is 0 Å². The van der Waals surface area contributed by atoms with E-state index in [1.165, 1.54) is 19.5 Å². The van der Waals surface area contributed by atoms with Crippen LogP contribution in [0, 0.1) is 5.92 Å². The predicted octanol–water partition coefficient (Wildman–Crippen LogP) is 1.75. The van der Waals surface area contributed by atoms with Crippen LogP contribution in [0.2, 0.25) is 0 Å². The van der Waals surface area contributed by atoms with Gasteiger partial charge in [-0.3, -0.25) is 4.90 Å². The Morgan fingerprint density at radius 1 is 1.42 bits per heavy atom. The summed E-state index contributed by atoms with van der Waals surface area (Å²) in [6, 6.07) is 0. The van der Waals surface area contributed by atoms with E-state index in [0.29, 0.717) is 5.54 Å². The molecule has 0 aromatic carbocycles. The zero-order chi connectivity index (χ0) is 9.19. The van der Waals surface area contributed by atoms with Gasteiger partial charge in [0.2, 0.25) is 0 Å². The molecule has 1 aliphatic rings. The van der Waals surface area contributed by atoms with E-state index in [1.807, 2.05) is 0 Å². The standard InChI is InChI=1S/C10H21NO/c1-5-10(2,3)11-6-9(7-11)8-12-4/h9H,5-8H2,1-4H3. The number of likely N-dealkylation sites (tertiary alicyclic amines) is 1. The van der Waals surface area contributed by atoms with Crippen molar-refractivity contribution in [2.24, 2.45) is 5.92 Å². The SMILES string of the molecule is CCC(C)(C)N1CC(COC)C1. The van der Waals surface area contributed by atoms with Crippen LogP contribution in [-0.2, 0) is 4.74 Å². The van der Waals surface area contributed by atoms with Gasteiger partial charge < -0.3 is 4.74 Å². The van der Waals surface area contributed by atoms with Gasteiger partial charge in [0.05, 0.1) is 6.61 Å². The molecule has 1 heterocycles. The van der Waals surface area contributed by atoms with Crippen LogP contribution >= 0.6 is 0 Å². The van der Waals surface area contributed by atoms with E-state index >= 15 is 0 Å². The zero-order valence-electron chi connectivity index (χ0n) is 8.76. The molecule has 0 unspecified atom stereocenters. The number of nitrogens with zero attached hydrogens (tertiary/aromatic N) is 1. The maximum atomic E-state index is 5.11. The summed E-state index contributed by atoms with van der Waals surface area (Å²) in [4.78, 5) is 2.54. The quantitative estimate of drug-likeness (QED) is 0.639. The summed E-state index contributed by atoms with van der Waals surface area (Å²) in [7, 11) is 1.79. The van der Waals surface area contributed by atoms with E-state index in [9.17, 15) is 0 Å². The van der Waals surface area contributed by atoms with Crippen molar-refractivity contribution in [3.8, 4) is 0 Å². The number of ether oxygens (including phenoxy) is 1. The Bertz CT molecular complexity index is 139. The first-order chi connectivity index (χ1) is 5.60. The molecule has 0 aliphatic carbocycles. The van der Waals surface area contributed by atoms with Crippen LogP contribution in [0.25, 0.3) is 0 Å². The summed E-state index contributed by atoms with van der Waals surface area (Å²) in [6.07, 6.45) is 1.23. The second-order valence-corrected chi connectivity index (χ2v) is 4.39. The Kier molecular flexibility index (Phi) is 3.13. The van der Waals surface area contributed by atoms with Crippen molar-refractivity contribution < 1.29 is 4.74 Å². The maximum Gasteiger partial charge on any atom is 0.0515 e. The van der Waals surface area contributed by atoms with E-state index in [-0.39, 0.29) is 0 Å². The molecule has 0 aromatic heterocycles. The molecule has 0 radical (unpaired) electrons. The lowest BCUT2D eigenvalue weighted by atomic mass is 9.90. The fourth-order valence-electron chi connectivity index (χ4n) is 1.63. The van der Waals surface area contributed by atoms with Gasteiger partial charge in [0, 0.05) is 31.7 Å². The fraction of sp³-hybridized carbons (Fsp3) is 1.00. The summed E-state index contributed by atoms with van der Waals surface area (Å²) in [5.41, 5.74) is 0.393. The molecule has 0 atom stereocenters. The van der Waals surface area contributed by atoms with E-state index in [4.69, 9.17) is 4.74 Å². The molecule has 12 heavy (non-hydrogen) atoms. The maximum absolute atomic E-state index is 5.11. The third-order valence-corrected chi connectivity index (χ3v) is 3.08. The Hall–Kier alpha value is -0.0800. The second-order valence-electron chi connectivity index (χ2n) is 4.39. The van der Waals surface area contributed by atoms with Crippen LogP contribution < -0.4 is 0 Å². The van der Waals surface area contributed by atoms with Crippen molar-refractivity contribution in [2.75, 3.05) is 26.8 Å². The van der Waals surface area contributed by atoms with Gasteiger partial charge in [-0.05, 0) is 20.3 Å². The van der Waals surface area contributed by atoms with Crippen LogP contribution in [-0.4, -0.2) is 37.2 Å². The average molecular weight is 171 g/mol. The highest BCUT2D eigenvalue weighted by Gasteiger charge is 2.35. The minimum atomic E-state index is 0.393. The minimum absolute atomic E-state index is 0.393. The molecular formula is C10H21NO. The fourth-order valence-corrected chi connectivity index (χ4v) is 1.63. The summed E-state index contributed by atoms with van der Waals surface area (Å²) < 4.78 is 5.11. The van der Waals surface area contributed by atoms with Gasteiger partial charge in [-0.25, -0.2) is 0 Å². The number of hydrogen-bond donors (Lipinski definition) is 0. The van der Waals surface area contributed by atoms with Gasteiger partial charge >= 0.3 is 0 Å². The molecule has 72 valence electrons. The highest BCUT2D eigenvalue weighted by atomic mass is 16.5. The van der Waals surface area contributed by atoms with Crippen LogP contribution in [0.3, 0.4) is 0 Å². The molecule has 0 bridgehead atoms. The van der Waals surface area contributed by atoms with Gasteiger partial charge in [-0.2, -0.15) is 0 Å². The van der Waals surface area contributed by atoms with Gasteiger partial charge in [0.15, 0.2) is 0 Å².